The van der Waals surface area contributed by atoms with Crippen LogP contribution in [-0.2, 0) is 15.9 Å². The molecule has 1 saturated carbocycles. The summed E-state index contributed by atoms with van der Waals surface area (Å²) in [5, 5.41) is 7.14. The van der Waals surface area contributed by atoms with Gasteiger partial charge in [0.25, 0.3) is 0 Å². The Morgan fingerprint density at radius 2 is 2.02 bits per heavy atom. The van der Waals surface area contributed by atoms with Crippen molar-refractivity contribution >= 4 is 23.5 Å². The number of esters is 1. The number of piperidine rings is 1. The zero-order valence-electron chi connectivity index (χ0n) is 24.8. The van der Waals surface area contributed by atoms with Crippen LogP contribution in [0.25, 0.3) is 5.65 Å². The van der Waals surface area contributed by atoms with Gasteiger partial charge < -0.3 is 19.7 Å². The number of hydrogen-bond acceptors (Lipinski definition) is 8. The molecule has 3 unspecified atom stereocenters. The first-order chi connectivity index (χ1) is 19.3. The molecule has 220 valence electrons. The number of anilines is 1. The zero-order valence-corrected chi connectivity index (χ0v) is 24.8. The van der Waals surface area contributed by atoms with Crippen molar-refractivity contribution in [3.63, 3.8) is 0 Å². The molecule has 0 aromatic carbocycles. The van der Waals surface area contributed by atoms with Crippen LogP contribution in [0.1, 0.15) is 82.5 Å². The Kier molecular flexibility index (Phi) is 7.42. The number of alkyl carbamates (subject to hydrolysis) is 1. The Bertz CT molecular complexity index is 1460. The highest BCUT2D eigenvalue weighted by molar-refractivity contribution is 5.95. The number of hydrogen-bond donors (Lipinski definition) is 1. The number of aryl methyl sites for hydroxylation is 1. The minimum absolute atomic E-state index is 0.0904. The average Bonchev–Trinajstić information content (AvgIpc) is 3.24. The standard InChI is InChI=1S/C30H39FN6O4/c1-8-40-27(38)20-15-33-37-12-11-23(35-26(20)37)36-16-21-24(30(21,6)7)25(36)19-13-18(31)14-32-22(19)10-9-17(2)34-28(39)41-29(3,4)5/h11-15,17,21,24-25H,8-10,16H2,1-7H3,(H,34,39)/t17-,21?,24?,25?/m1/s1. The van der Waals surface area contributed by atoms with Crippen molar-refractivity contribution in [3.8, 4) is 0 Å². The van der Waals surface area contributed by atoms with Crippen molar-refractivity contribution in [1.82, 2.24) is 24.9 Å². The maximum atomic E-state index is 14.7. The average molecular weight is 567 g/mol. The third-order valence-corrected chi connectivity index (χ3v) is 8.22. The SMILES string of the molecule is CCOC(=O)c1cnn2ccc(N3CC4C(C3c3cc(F)cnc3CC[C@@H](C)NC(=O)OC(C)(C)C)C4(C)C)nc12. The van der Waals surface area contributed by atoms with Gasteiger partial charge in [-0.3, -0.25) is 4.98 Å². The second-order valence-corrected chi connectivity index (χ2v) is 12.7. The van der Waals surface area contributed by atoms with Crippen molar-refractivity contribution in [2.24, 2.45) is 17.3 Å². The first-order valence-corrected chi connectivity index (χ1v) is 14.2. The molecule has 2 aliphatic rings. The molecule has 10 nitrogen and oxygen atoms in total. The van der Waals surface area contributed by atoms with Crippen LogP contribution in [0.2, 0.25) is 0 Å². The van der Waals surface area contributed by atoms with Crippen LogP contribution in [-0.4, -0.2) is 56.4 Å². The fraction of sp³-hybridized carbons (Fsp3) is 0.567. The molecule has 4 heterocycles. The van der Waals surface area contributed by atoms with Gasteiger partial charge in [0.15, 0.2) is 5.65 Å². The number of rotatable bonds is 8. The van der Waals surface area contributed by atoms with Gasteiger partial charge >= 0.3 is 12.1 Å². The molecule has 0 radical (unpaired) electrons. The predicted octanol–water partition coefficient (Wildman–Crippen LogP) is 5.12. The van der Waals surface area contributed by atoms with Crippen LogP contribution in [0.3, 0.4) is 0 Å². The van der Waals surface area contributed by atoms with Crippen molar-refractivity contribution in [3.05, 3.63) is 53.4 Å². The van der Waals surface area contributed by atoms with E-state index < -0.39 is 23.5 Å². The molecule has 1 aliphatic heterocycles. The van der Waals surface area contributed by atoms with Crippen LogP contribution in [0.4, 0.5) is 15.0 Å². The van der Waals surface area contributed by atoms with Crippen molar-refractivity contribution < 1.29 is 23.5 Å². The molecule has 41 heavy (non-hydrogen) atoms. The molecule has 11 heteroatoms. The van der Waals surface area contributed by atoms with Gasteiger partial charge in [-0.1, -0.05) is 13.8 Å². The lowest BCUT2D eigenvalue weighted by Crippen LogP contribution is -2.38. The summed E-state index contributed by atoms with van der Waals surface area (Å²) in [6.07, 6.45) is 5.19. The maximum absolute atomic E-state index is 14.7. The van der Waals surface area contributed by atoms with Gasteiger partial charge in [0.2, 0.25) is 0 Å². The van der Waals surface area contributed by atoms with E-state index in [1.807, 2.05) is 33.8 Å². The molecule has 1 N–H and O–H groups in total. The molecule has 1 aliphatic carbocycles. The largest absolute Gasteiger partial charge is 0.462 e. The van der Waals surface area contributed by atoms with Gasteiger partial charge in [0.05, 0.1) is 25.0 Å². The third-order valence-electron chi connectivity index (χ3n) is 8.22. The summed E-state index contributed by atoms with van der Waals surface area (Å²) >= 11 is 0. The Hall–Kier alpha value is -3.76. The minimum Gasteiger partial charge on any atom is -0.462 e. The number of carbonyl (C=O) groups is 2. The van der Waals surface area contributed by atoms with E-state index in [1.54, 1.807) is 23.7 Å². The fourth-order valence-corrected chi connectivity index (χ4v) is 6.13. The van der Waals surface area contributed by atoms with Crippen molar-refractivity contribution in [2.75, 3.05) is 18.1 Å². The highest BCUT2D eigenvalue weighted by Gasteiger charge is 2.67. The summed E-state index contributed by atoms with van der Waals surface area (Å²) in [7, 11) is 0. The quantitative estimate of drug-likeness (QED) is 0.374. The molecule has 3 aromatic rings. The Balaban J connectivity index is 1.43. The highest BCUT2D eigenvalue weighted by atomic mass is 19.1. The molecule has 3 aromatic heterocycles. The molecule has 0 spiro atoms. The van der Waals surface area contributed by atoms with Crippen molar-refractivity contribution in [2.45, 2.75) is 79.0 Å². The van der Waals surface area contributed by atoms with Gasteiger partial charge in [-0.05, 0) is 82.4 Å². The summed E-state index contributed by atoms with van der Waals surface area (Å²) < 4.78 is 26.9. The van der Waals surface area contributed by atoms with Crippen molar-refractivity contribution in [1.29, 1.82) is 0 Å². The van der Waals surface area contributed by atoms with E-state index in [2.05, 4.69) is 34.1 Å². The molecular formula is C30H39FN6O4. The molecule has 1 amide bonds. The number of aromatic nitrogens is 4. The Labute approximate surface area is 239 Å². The smallest absolute Gasteiger partial charge is 0.407 e. The molecule has 4 atom stereocenters. The van der Waals surface area contributed by atoms with Gasteiger partial charge in [0.1, 0.15) is 22.8 Å². The van der Waals surface area contributed by atoms with Gasteiger partial charge in [-0.15, -0.1) is 0 Å². The van der Waals surface area contributed by atoms with E-state index in [-0.39, 0.29) is 30.0 Å². The predicted molar refractivity (Wildman–Crippen MR) is 151 cm³/mol. The number of pyridine rings is 1. The summed E-state index contributed by atoms with van der Waals surface area (Å²) in [5.41, 5.74) is 1.84. The van der Waals surface area contributed by atoms with Gasteiger partial charge in [0, 0.05) is 24.5 Å². The van der Waals surface area contributed by atoms with Crippen LogP contribution in [0.5, 0.6) is 0 Å². The van der Waals surface area contributed by atoms with Crippen LogP contribution >= 0.6 is 0 Å². The summed E-state index contributed by atoms with van der Waals surface area (Å²) in [6.45, 7) is 14.6. The lowest BCUT2D eigenvalue weighted by molar-refractivity contribution is 0.0502. The monoisotopic (exact) mass is 566 g/mol. The second-order valence-electron chi connectivity index (χ2n) is 12.7. The molecular weight excluding hydrogens is 527 g/mol. The van der Waals surface area contributed by atoms with Crippen LogP contribution < -0.4 is 10.2 Å². The first-order valence-electron chi connectivity index (χ1n) is 14.2. The van der Waals surface area contributed by atoms with E-state index in [1.165, 1.54) is 12.4 Å². The summed E-state index contributed by atoms with van der Waals surface area (Å²) in [4.78, 5) is 36.3. The molecule has 1 saturated heterocycles. The maximum Gasteiger partial charge on any atom is 0.407 e. The topological polar surface area (TPSA) is 111 Å². The second kappa shape index (κ2) is 10.6. The number of nitrogens with zero attached hydrogens (tertiary/aromatic N) is 5. The van der Waals surface area contributed by atoms with Crippen LogP contribution in [0.15, 0.2) is 30.7 Å². The van der Waals surface area contributed by atoms with E-state index in [0.717, 1.165) is 17.8 Å². The minimum atomic E-state index is -0.583. The third kappa shape index (κ3) is 5.71. The number of carbonyl (C=O) groups excluding carboxylic acids is 2. The normalized spacial score (nSPS) is 21.9. The number of halogens is 1. The first kappa shape index (κ1) is 28.8. The van der Waals surface area contributed by atoms with E-state index in [9.17, 15) is 14.0 Å². The molecule has 5 rings (SSSR count). The van der Waals surface area contributed by atoms with Gasteiger partial charge in [-0.2, -0.15) is 5.10 Å². The Morgan fingerprint density at radius 1 is 1.27 bits per heavy atom. The van der Waals surface area contributed by atoms with Gasteiger partial charge in [-0.25, -0.2) is 23.5 Å². The van der Waals surface area contributed by atoms with E-state index >= 15 is 0 Å². The van der Waals surface area contributed by atoms with E-state index in [4.69, 9.17) is 14.5 Å². The zero-order chi connectivity index (χ0) is 29.7. The lowest BCUT2D eigenvalue weighted by Gasteiger charge is -2.33. The van der Waals surface area contributed by atoms with Crippen LogP contribution in [0, 0.1) is 23.1 Å². The number of ether oxygens (including phenoxy) is 2. The molecule has 0 bridgehead atoms. The number of amides is 1. The highest BCUT2D eigenvalue weighted by Crippen LogP contribution is 2.69. The number of fused-ring (bicyclic) bond motifs is 2. The summed E-state index contributed by atoms with van der Waals surface area (Å²) in [6, 6.07) is 3.15. The Morgan fingerprint density at radius 3 is 2.73 bits per heavy atom. The summed E-state index contributed by atoms with van der Waals surface area (Å²) in [5.74, 6) is 0.513. The fourth-order valence-electron chi connectivity index (χ4n) is 6.13. The van der Waals surface area contributed by atoms with E-state index in [0.29, 0.717) is 35.8 Å². The molecule has 2 fully saturated rings. The lowest BCUT2D eigenvalue weighted by atomic mass is 9.92. The number of nitrogens with one attached hydrogen (secondary N) is 1.